The molecular weight excluding hydrogens is 232 g/mol. The molecule has 0 aliphatic heterocycles. The van der Waals surface area contributed by atoms with Crippen LogP contribution in [-0.2, 0) is 11.3 Å². The van der Waals surface area contributed by atoms with Crippen molar-refractivity contribution in [2.75, 3.05) is 19.8 Å². The Labute approximate surface area is 109 Å². The van der Waals surface area contributed by atoms with Crippen LogP contribution in [0.15, 0.2) is 10.7 Å². The third-order valence-corrected chi connectivity index (χ3v) is 2.11. The number of hydrogen-bond donors (Lipinski definition) is 1. The van der Waals surface area contributed by atoms with Crippen molar-refractivity contribution in [2.45, 2.75) is 46.3 Å². The molecule has 0 saturated heterocycles. The Morgan fingerprint density at radius 2 is 2.11 bits per heavy atom. The first-order valence-corrected chi connectivity index (χ1v) is 6.43. The molecule has 1 rings (SSSR count). The second kappa shape index (κ2) is 7.38. The maximum absolute atomic E-state index is 5.53. The van der Waals surface area contributed by atoms with Gasteiger partial charge >= 0.3 is 6.08 Å². The van der Waals surface area contributed by atoms with Gasteiger partial charge in [0.25, 0.3) is 0 Å². The molecule has 0 aromatic carbocycles. The predicted molar refractivity (Wildman–Crippen MR) is 69.7 cm³/mol. The molecule has 18 heavy (non-hydrogen) atoms. The molecule has 104 valence electrons. The summed E-state index contributed by atoms with van der Waals surface area (Å²) in [7, 11) is 0. The molecule has 0 fully saturated rings. The van der Waals surface area contributed by atoms with E-state index in [-0.39, 0.29) is 5.60 Å². The van der Waals surface area contributed by atoms with Crippen molar-refractivity contribution in [1.29, 1.82) is 0 Å². The summed E-state index contributed by atoms with van der Waals surface area (Å²) in [5.74, 6) is 0. The molecule has 0 radical (unpaired) electrons. The SMILES string of the molecule is CCCNCc1coc(OCCOC(C)(C)C)n1. The summed E-state index contributed by atoms with van der Waals surface area (Å²) in [4.78, 5) is 4.21. The molecule has 0 spiro atoms. The van der Waals surface area contributed by atoms with Crippen LogP contribution >= 0.6 is 0 Å². The van der Waals surface area contributed by atoms with Crippen LogP contribution in [-0.4, -0.2) is 30.3 Å². The summed E-state index contributed by atoms with van der Waals surface area (Å²) in [6, 6.07) is 0. The highest BCUT2D eigenvalue weighted by atomic mass is 16.6. The highest BCUT2D eigenvalue weighted by molar-refractivity contribution is 4.99. The van der Waals surface area contributed by atoms with E-state index in [1.807, 2.05) is 20.8 Å². The van der Waals surface area contributed by atoms with Crippen LogP contribution in [0.4, 0.5) is 0 Å². The first-order valence-electron chi connectivity index (χ1n) is 6.43. The van der Waals surface area contributed by atoms with Crippen molar-refractivity contribution in [1.82, 2.24) is 10.3 Å². The summed E-state index contributed by atoms with van der Waals surface area (Å²) in [6.45, 7) is 10.8. The minimum Gasteiger partial charge on any atom is -0.448 e. The summed E-state index contributed by atoms with van der Waals surface area (Å²) >= 11 is 0. The average molecular weight is 256 g/mol. The second-order valence-electron chi connectivity index (χ2n) is 5.09. The van der Waals surface area contributed by atoms with E-state index in [1.165, 1.54) is 0 Å². The van der Waals surface area contributed by atoms with Crippen molar-refractivity contribution in [3.63, 3.8) is 0 Å². The van der Waals surface area contributed by atoms with E-state index >= 15 is 0 Å². The zero-order valence-electron chi connectivity index (χ0n) is 11.8. The monoisotopic (exact) mass is 256 g/mol. The van der Waals surface area contributed by atoms with Gasteiger partial charge in [-0.05, 0) is 33.7 Å². The molecule has 0 aliphatic rings. The number of ether oxygens (including phenoxy) is 2. The number of aromatic nitrogens is 1. The summed E-state index contributed by atoms with van der Waals surface area (Å²) < 4.78 is 16.1. The number of rotatable bonds is 8. The first-order chi connectivity index (χ1) is 8.51. The Hall–Kier alpha value is -1.07. The van der Waals surface area contributed by atoms with Gasteiger partial charge in [0.2, 0.25) is 0 Å². The molecule has 0 atom stereocenters. The van der Waals surface area contributed by atoms with Crippen LogP contribution < -0.4 is 10.1 Å². The van der Waals surface area contributed by atoms with Gasteiger partial charge < -0.3 is 19.2 Å². The van der Waals surface area contributed by atoms with Crippen LogP contribution in [0.1, 0.15) is 39.8 Å². The van der Waals surface area contributed by atoms with Crippen molar-refractivity contribution < 1.29 is 13.9 Å². The summed E-state index contributed by atoms with van der Waals surface area (Å²) in [5.41, 5.74) is 0.713. The fourth-order valence-electron chi connectivity index (χ4n) is 1.31. The number of hydrogen-bond acceptors (Lipinski definition) is 5. The fourth-order valence-corrected chi connectivity index (χ4v) is 1.31. The molecule has 0 amide bonds. The molecule has 1 aromatic rings. The molecule has 0 bridgehead atoms. The van der Waals surface area contributed by atoms with Crippen LogP contribution in [0.2, 0.25) is 0 Å². The Kier molecular flexibility index (Phi) is 6.15. The van der Waals surface area contributed by atoms with E-state index in [4.69, 9.17) is 13.9 Å². The Morgan fingerprint density at radius 1 is 1.33 bits per heavy atom. The van der Waals surface area contributed by atoms with Crippen LogP contribution in [0.3, 0.4) is 0 Å². The molecule has 1 heterocycles. The smallest absolute Gasteiger partial charge is 0.393 e. The molecule has 1 N–H and O–H groups in total. The largest absolute Gasteiger partial charge is 0.448 e. The summed E-state index contributed by atoms with van der Waals surface area (Å²) in [6.07, 6.45) is 3.02. The first kappa shape index (κ1) is 15.0. The van der Waals surface area contributed by atoms with Gasteiger partial charge in [-0.25, -0.2) is 0 Å². The lowest BCUT2D eigenvalue weighted by Crippen LogP contribution is -2.22. The van der Waals surface area contributed by atoms with Gasteiger partial charge in [0.15, 0.2) is 0 Å². The second-order valence-corrected chi connectivity index (χ2v) is 5.09. The van der Waals surface area contributed by atoms with Gasteiger partial charge in [-0.15, -0.1) is 0 Å². The third kappa shape index (κ3) is 6.61. The zero-order valence-corrected chi connectivity index (χ0v) is 11.8. The molecular formula is C13H24N2O3. The van der Waals surface area contributed by atoms with Crippen LogP contribution in [0.5, 0.6) is 6.08 Å². The Balaban J connectivity index is 2.19. The number of nitrogens with zero attached hydrogens (tertiary/aromatic N) is 1. The standard InChI is InChI=1S/C13H24N2O3/c1-5-6-14-9-11-10-17-12(15-11)16-7-8-18-13(2,3)4/h10,14H,5-9H2,1-4H3. The van der Waals surface area contributed by atoms with E-state index in [0.29, 0.717) is 25.8 Å². The summed E-state index contributed by atoms with van der Waals surface area (Å²) in [5, 5.41) is 3.25. The molecule has 0 aliphatic carbocycles. The molecule has 1 aromatic heterocycles. The fraction of sp³-hybridized carbons (Fsp3) is 0.769. The minimum absolute atomic E-state index is 0.144. The molecule has 5 nitrogen and oxygen atoms in total. The number of nitrogens with one attached hydrogen (secondary N) is 1. The van der Waals surface area contributed by atoms with Gasteiger partial charge in [0.05, 0.1) is 17.9 Å². The van der Waals surface area contributed by atoms with E-state index < -0.39 is 0 Å². The molecule has 5 heteroatoms. The van der Waals surface area contributed by atoms with Crippen LogP contribution in [0, 0.1) is 0 Å². The third-order valence-electron chi connectivity index (χ3n) is 2.11. The van der Waals surface area contributed by atoms with Gasteiger partial charge in [0.1, 0.15) is 12.9 Å². The van der Waals surface area contributed by atoms with E-state index in [9.17, 15) is 0 Å². The lowest BCUT2D eigenvalue weighted by molar-refractivity contribution is -0.0196. The highest BCUT2D eigenvalue weighted by Crippen LogP contribution is 2.11. The highest BCUT2D eigenvalue weighted by Gasteiger charge is 2.10. The molecule has 0 unspecified atom stereocenters. The van der Waals surface area contributed by atoms with Crippen molar-refractivity contribution in [2.24, 2.45) is 0 Å². The van der Waals surface area contributed by atoms with Crippen LogP contribution in [0.25, 0.3) is 0 Å². The molecule has 0 saturated carbocycles. The quantitative estimate of drug-likeness (QED) is 0.724. The van der Waals surface area contributed by atoms with E-state index in [2.05, 4.69) is 17.2 Å². The average Bonchev–Trinajstić information content (AvgIpc) is 2.72. The van der Waals surface area contributed by atoms with Gasteiger partial charge in [0, 0.05) is 6.54 Å². The zero-order chi connectivity index (χ0) is 13.4. The normalized spacial score (nSPS) is 11.8. The van der Waals surface area contributed by atoms with Gasteiger partial charge in [-0.1, -0.05) is 6.92 Å². The van der Waals surface area contributed by atoms with Gasteiger partial charge in [-0.3, -0.25) is 0 Å². The van der Waals surface area contributed by atoms with E-state index in [1.54, 1.807) is 6.26 Å². The maximum atomic E-state index is 5.53. The van der Waals surface area contributed by atoms with Crippen molar-refractivity contribution in [3.8, 4) is 6.08 Å². The Bertz CT molecular complexity index is 331. The lowest BCUT2D eigenvalue weighted by atomic mass is 10.2. The Morgan fingerprint density at radius 3 is 2.78 bits per heavy atom. The maximum Gasteiger partial charge on any atom is 0.393 e. The van der Waals surface area contributed by atoms with Gasteiger partial charge in [-0.2, -0.15) is 4.98 Å². The number of oxazole rings is 1. The topological polar surface area (TPSA) is 56.5 Å². The predicted octanol–water partition coefficient (Wildman–Crippen LogP) is 2.37. The van der Waals surface area contributed by atoms with Crippen molar-refractivity contribution in [3.05, 3.63) is 12.0 Å². The lowest BCUT2D eigenvalue weighted by Gasteiger charge is -2.18. The van der Waals surface area contributed by atoms with Crippen molar-refractivity contribution >= 4 is 0 Å². The minimum atomic E-state index is -0.144. The van der Waals surface area contributed by atoms with E-state index in [0.717, 1.165) is 18.7 Å².